The van der Waals surface area contributed by atoms with Crippen molar-refractivity contribution in [1.82, 2.24) is 4.90 Å². The van der Waals surface area contributed by atoms with Gasteiger partial charge in [0.05, 0.1) is 11.6 Å². The Morgan fingerprint density at radius 2 is 2.04 bits per heavy atom. The Hall–Kier alpha value is -2.29. The Bertz CT molecular complexity index is 682. The smallest absolute Gasteiger partial charge is 0.335 e. The maximum absolute atomic E-state index is 11.3. The highest BCUT2D eigenvalue weighted by atomic mass is 16.4. The van der Waals surface area contributed by atoms with Gasteiger partial charge in [-0.05, 0) is 61.0 Å². The topological polar surface area (TPSA) is 40.5 Å². The van der Waals surface area contributed by atoms with E-state index in [1.165, 1.54) is 30.4 Å². The van der Waals surface area contributed by atoms with Crippen molar-refractivity contribution in [3.63, 3.8) is 0 Å². The zero-order valence-electron chi connectivity index (χ0n) is 14.2. The van der Waals surface area contributed by atoms with E-state index in [0.29, 0.717) is 5.57 Å². The Morgan fingerprint density at radius 3 is 2.67 bits per heavy atom. The number of aliphatic carboxylic acids is 1. The fourth-order valence-corrected chi connectivity index (χ4v) is 3.49. The van der Waals surface area contributed by atoms with E-state index < -0.39 is 5.97 Å². The molecule has 3 rings (SSSR count). The molecule has 0 radical (unpaired) electrons. The Kier molecular flexibility index (Phi) is 5.19. The summed E-state index contributed by atoms with van der Waals surface area (Å²) in [6, 6.07) is 8.66. The quantitative estimate of drug-likeness (QED) is 0.834. The molecule has 0 saturated carbocycles. The maximum atomic E-state index is 11.3. The third kappa shape index (κ3) is 3.61. The van der Waals surface area contributed by atoms with Gasteiger partial charge in [0.2, 0.25) is 0 Å². The van der Waals surface area contributed by atoms with Crippen LogP contribution in [-0.4, -0.2) is 22.5 Å². The number of rotatable bonds is 5. The van der Waals surface area contributed by atoms with Gasteiger partial charge in [-0.15, -0.1) is 0 Å². The fraction of sp³-hybridized carbons (Fsp3) is 0.381. The van der Waals surface area contributed by atoms with Crippen LogP contribution in [0.3, 0.4) is 0 Å². The lowest BCUT2D eigenvalue weighted by atomic mass is 9.92. The second-order valence-corrected chi connectivity index (χ2v) is 6.52. The highest BCUT2D eigenvalue weighted by molar-refractivity contribution is 5.90. The van der Waals surface area contributed by atoms with E-state index in [4.69, 9.17) is 0 Å². The fourth-order valence-electron chi connectivity index (χ4n) is 3.49. The van der Waals surface area contributed by atoms with Crippen LogP contribution in [0.4, 0.5) is 0 Å². The van der Waals surface area contributed by atoms with Gasteiger partial charge in [0, 0.05) is 12.7 Å². The van der Waals surface area contributed by atoms with Crippen LogP contribution in [0.1, 0.15) is 56.2 Å². The number of hydrogen-bond donors (Lipinski definition) is 1. The molecule has 0 saturated heterocycles. The van der Waals surface area contributed by atoms with Crippen LogP contribution >= 0.6 is 0 Å². The van der Waals surface area contributed by atoms with Crippen molar-refractivity contribution in [2.45, 2.75) is 45.1 Å². The van der Waals surface area contributed by atoms with E-state index in [0.717, 1.165) is 24.9 Å². The van der Waals surface area contributed by atoms with Gasteiger partial charge in [-0.1, -0.05) is 37.3 Å². The van der Waals surface area contributed by atoms with Crippen molar-refractivity contribution in [1.29, 1.82) is 0 Å². The second-order valence-electron chi connectivity index (χ2n) is 6.52. The lowest BCUT2D eigenvalue weighted by Crippen LogP contribution is -2.26. The van der Waals surface area contributed by atoms with Gasteiger partial charge in [-0.3, -0.25) is 0 Å². The van der Waals surface area contributed by atoms with Crippen molar-refractivity contribution in [3.8, 4) is 0 Å². The largest absolute Gasteiger partial charge is 0.478 e. The summed E-state index contributed by atoms with van der Waals surface area (Å²) in [6.45, 7) is 3.05. The first-order chi connectivity index (χ1) is 11.7. The standard InChI is InChI=1S/C21H25NO2/c1-2-13-22-14-12-19(21(23)24)15-20(22)18-10-8-17(9-11-18)16-6-4-3-5-7-16/h6,8-12,14-15,20H,2-5,7,13H2,1H3,(H,23,24). The zero-order valence-corrected chi connectivity index (χ0v) is 14.2. The van der Waals surface area contributed by atoms with Gasteiger partial charge in [-0.2, -0.15) is 0 Å². The molecule has 1 atom stereocenters. The highest BCUT2D eigenvalue weighted by Gasteiger charge is 2.21. The SMILES string of the molecule is CCCN1C=CC(C(=O)O)=CC1c1ccc(C2=CCCCC2)cc1. The molecular weight excluding hydrogens is 298 g/mol. The Labute approximate surface area is 144 Å². The molecule has 24 heavy (non-hydrogen) atoms. The molecule has 1 aliphatic heterocycles. The van der Waals surface area contributed by atoms with E-state index >= 15 is 0 Å². The van der Waals surface area contributed by atoms with Crippen molar-refractivity contribution < 1.29 is 9.90 Å². The van der Waals surface area contributed by atoms with Gasteiger partial charge in [0.25, 0.3) is 0 Å². The van der Waals surface area contributed by atoms with Crippen LogP contribution in [0.25, 0.3) is 5.57 Å². The summed E-state index contributed by atoms with van der Waals surface area (Å²) in [5.74, 6) is -0.864. The van der Waals surface area contributed by atoms with Crippen LogP contribution in [0, 0.1) is 0 Å². The van der Waals surface area contributed by atoms with Crippen molar-refractivity contribution >= 4 is 11.5 Å². The lowest BCUT2D eigenvalue weighted by Gasteiger charge is -2.31. The summed E-state index contributed by atoms with van der Waals surface area (Å²) in [5, 5.41) is 9.29. The van der Waals surface area contributed by atoms with Crippen molar-refractivity contribution in [2.75, 3.05) is 6.54 Å². The summed E-state index contributed by atoms with van der Waals surface area (Å²) in [4.78, 5) is 13.5. The van der Waals surface area contributed by atoms with Gasteiger partial charge >= 0.3 is 5.97 Å². The molecule has 0 aromatic heterocycles. The van der Waals surface area contributed by atoms with Crippen LogP contribution in [0.5, 0.6) is 0 Å². The third-order valence-corrected chi connectivity index (χ3v) is 4.78. The lowest BCUT2D eigenvalue weighted by molar-refractivity contribution is -0.132. The van der Waals surface area contributed by atoms with E-state index in [-0.39, 0.29) is 6.04 Å². The minimum Gasteiger partial charge on any atom is -0.478 e. The Balaban J connectivity index is 1.86. The number of allylic oxidation sites excluding steroid dienone is 2. The number of carbonyl (C=O) groups is 1. The molecule has 0 amide bonds. The predicted molar refractivity (Wildman–Crippen MR) is 97.5 cm³/mol. The second kappa shape index (κ2) is 7.52. The zero-order chi connectivity index (χ0) is 16.9. The molecule has 1 heterocycles. The van der Waals surface area contributed by atoms with Crippen LogP contribution in [-0.2, 0) is 4.79 Å². The monoisotopic (exact) mass is 323 g/mol. The minimum atomic E-state index is -0.864. The summed E-state index contributed by atoms with van der Waals surface area (Å²) >= 11 is 0. The van der Waals surface area contributed by atoms with Gasteiger partial charge < -0.3 is 10.0 Å². The van der Waals surface area contributed by atoms with Gasteiger partial charge in [0.1, 0.15) is 0 Å². The van der Waals surface area contributed by atoms with Gasteiger partial charge in [0.15, 0.2) is 0 Å². The average Bonchev–Trinajstić information content (AvgIpc) is 2.63. The third-order valence-electron chi connectivity index (χ3n) is 4.78. The molecule has 0 fully saturated rings. The normalized spacial score (nSPS) is 20.5. The molecule has 1 aromatic rings. The first kappa shape index (κ1) is 16.6. The van der Waals surface area contributed by atoms with Crippen molar-refractivity contribution in [2.24, 2.45) is 0 Å². The van der Waals surface area contributed by atoms with Crippen LogP contribution in [0.15, 0.2) is 54.3 Å². The molecule has 1 unspecified atom stereocenters. The molecule has 0 spiro atoms. The Morgan fingerprint density at radius 1 is 1.25 bits per heavy atom. The van der Waals surface area contributed by atoms with E-state index in [1.54, 1.807) is 6.08 Å². The summed E-state index contributed by atoms with van der Waals surface area (Å²) in [6.07, 6.45) is 13.8. The summed E-state index contributed by atoms with van der Waals surface area (Å²) < 4.78 is 0. The van der Waals surface area contributed by atoms with Crippen molar-refractivity contribution in [3.05, 3.63) is 65.4 Å². The highest BCUT2D eigenvalue weighted by Crippen LogP contribution is 2.31. The molecule has 1 aliphatic carbocycles. The first-order valence-corrected chi connectivity index (χ1v) is 8.87. The number of hydrogen-bond acceptors (Lipinski definition) is 2. The molecule has 0 bridgehead atoms. The molecule has 1 aromatic carbocycles. The summed E-state index contributed by atoms with van der Waals surface area (Å²) in [5.41, 5.74) is 4.26. The number of carboxylic acids is 1. The number of carboxylic acid groups (broad SMARTS) is 1. The van der Waals surface area contributed by atoms with Crippen LogP contribution < -0.4 is 0 Å². The number of benzene rings is 1. The summed E-state index contributed by atoms with van der Waals surface area (Å²) in [7, 11) is 0. The van der Waals surface area contributed by atoms with Gasteiger partial charge in [-0.25, -0.2) is 4.79 Å². The minimum absolute atomic E-state index is 0.00423. The molecule has 2 aliphatic rings. The van der Waals surface area contributed by atoms with E-state index in [1.807, 2.05) is 12.3 Å². The molecule has 3 heteroatoms. The maximum Gasteiger partial charge on any atom is 0.335 e. The first-order valence-electron chi connectivity index (χ1n) is 8.87. The predicted octanol–water partition coefficient (Wildman–Crippen LogP) is 4.94. The molecule has 1 N–H and O–H groups in total. The van der Waals surface area contributed by atoms with Crippen LogP contribution in [0.2, 0.25) is 0 Å². The van der Waals surface area contributed by atoms with E-state index in [9.17, 15) is 9.90 Å². The average molecular weight is 323 g/mol. The number of nitrogens with zero attached hydrogens (tertiary/aromatic N) is 1. The molecule has 3 nitrogen and oxygen atoms in total. The van der Waals surface area contributed by atoms with E-state index in [2.05, 4.69) is 42.2 Å². The molecular formula is C21H25NO2. The molecule has 126 valence electrons.